The summed E-state index contributed by atoms with van der Waals surface area (Å²) in [7, 11) is 0. The molecule has 2 unspecified atom stereocenters. The molecule has 1 fully saturated rings. The fourth-order valence-corrected chi connectivity index (χ4v) is 3.60. The molecule has 2 N–H and O–H groups in total. The lowest BCUT2D eigenvalue weighted by atomic mass is 9.92. The fraction of sp³-hybridized carbons (Fsp3) is 0.611. The zero-order valence-electron chi connectivity index (χ0n) is 14.5. The molecule has 6 heteroatoms. The number of urea groups is 1. The topological polar surface area (TPSA) is 62.8 Å². The number of nitrogens with one attached hydrogen (secondary N) is 2. The van der Waals surface area contributed by atoms with Crippen LogP contribution in [0.3, 0.4) is 0 Å². The molecular weight excluding hydrogens is 306 g/mol. The molecular formula is C18H27N3O3. The third-order valence-corrected chi connectivity index (χ3v) is 4.46. The number of piperidine rings is 1. The first-order valence-electron chi connectivity index (χ1n) is 8.77. The van der Waals surface area contributed by atoms with Gasteiger partial charge in [-0.2, -0.15) is 0 Å². The minimum absolute atomic E-state index is 0.190. The summed E-state index contributed by atoms with van der Waals surface area (Å²) in [6.45, 7) is 9.48. The van der Waals surface area contributed by atoms with E-state index < -0.39 is 0 Å². The van der Waals surface area contributed by atoms with Crippen LogP contribution in [0.25, 0.3) is 0 Å². The van der Waals surface area contributed by atoms with Crippen molar-refractivity contribution < 1.29 is 14.3 Å². The molecule has 1 aromatic carbocycles. The molecule has 3 rings (SSSR count). The minimum Gasteiger partial charge on any atom is -0.486 e. The summed E-state index contributed by atoms with van der Waals surface area (Å²) in [5.41, 5.74) is 0.706. The normalized spacial score (nSPS) is 23.6. The Bertz CT molecular complexity index is 569. The summed E-state index contributed by atoms with van der Waals surface area (Å²) in [4.78, 5) is 14.5. The highest BCUT2D eigenvalue weighted by Crippen LogP contribution is 2.32. The summed E-state index contributed by atoms with van der Waals surface area (Å²) in [6.07, 6.45) is 1.30. The van der Waals surface area contributed by atoms with Gasteiger partial charge in [0, 0.05) is 37.9 Å². The molecule has 0 bridgehead atoms. The number of nitrogens with zero attached hydrogens (tertiary/aromatic N) is 1. The number of rotatable bonds is 4. The monoisotopic (exact) mass is 333 g/mol. The Hall–Kier alpha value is -1.95. The maximum atomic E-state index is 12.0. The van der Waals surface area contributed by atoms with E-state index in [-0.39, 0.29) is 6.03 Å². The summed E-state index contributed by atoms with van der Waals surface area (Å²) < 4.78 is 11.0. The molecule has 6 nitrogen and oxygen atoms in total. The second-order valence-electron chi connectivity index (χ2n) is 6.94. The first kappa shape index (κ1) is 16.9. The number of ether oxygens (including phenoxy) is 2. The van der Waals surface area contributed by atoms with Crippen molar-refractivity contribution in [1.82, 2.24) is 10.2 Å². The molecule has 1 aromatic rings. The molecule has 0 radical (unpaired) electrons. The van der Waals surface area contributed by atoms with Gasteiger partial charge in [-0.15, -0.1) is 0 Å². The number of hydrogen-bond donors (Lipinski definition) is 2. The van der Waals surface area contributed by atoms with Crippen LogP contribution in [-0.2, 0) is 0 Å². The van der Waals surface area contributed by atoms with E-state index in [0.29, 0.717) is 31.2 Å². The van der Waals surface area contributed by atoms with Gasteiger partial charge in [0.2, 0.25) is 0 Å². The van der Waals surface area contributed by atoms with Gasteiger partial charge < -0.3 is 25.0 Å². The fourth-order valence-electron chi connectivity index (χ4n) is 3.60. The second-order valence-corrected chi connectivity index (χ2v) is 6.94. The van der Waals surface area contributed by atoms with Crippen molar-refractivity contribution in [3.05, 3.63) is 18.2 Å². The Balaban J connectivity index is 1.42. The van der Waals surface area contributed by atoms with Crippen LogP contribution in [0.15, 0.2) is 18.2 Å². The number of hydrogen-bond acceptors (Lipinski definition) is 4. The van der Waals surface area contributed by atoms with Crippen molar-refractivity contribution in [2.75, 3.05) is 44.7 Å². The molecule has 24 heavy (non-hydrogen) atoms. The van der Waals surface area contributed by atoms with Gasteiger partial charge in [0.25, 0.3) is 0 Å². The molecule has 2 aliphatic heterocycles. The Morgan fingerprint density at radius 3 is 2.62 bits per heavy atom. The van der Waals surface area contributed by atoms with E-state index in [4.69, 9.17) is 9.47 Å². The van der Waals surface area contributed by atoms with Gasteiger partial charge in [-0.3, -0.25) is 0 Å². The lowest BCUT2D eigenvalue weighted by molar-refractivity contribution is 0.142. The molecule has 2 amide bonds. The first-order valence-corrected chi connectivity index (χ1v) is 8.77. The number of anilines is 1. The second kappa shape index (κ2) is 7.75. The summed E-state index contributed by atoms with van der Waals surface area (Å²) >= 11 is 0. The van der Waals surface area contributed by atoms with Gasteiger partial charge >= 0.3 is 6.03 Å². The third-order valence-electron chi connectivity index (χ3n) is 4.46. The Morgan fingerprint density at radius 1 is 1.17 bits per heavy atom. The number of fused-ring (bicyclic) bond motifs is 1. The van der Waals surface area contributed by atoms with Crippen LogP contribution in [0.4, 0.5) is 10.5 Å². The average molecular weight is 333 g/mol. The van der Waals surface area contributed by atoms with Crippen molar-refractivity contribution >= 4 is 11.7 Å². The SMILES string of the molecule is CC1CC(C)CN(CCNC(=O)Nc2ccc3c(c2)OCCO3)C1. The first-order chi connectivity index (χ1) is 11.6. The highest BCUT2D eigenvalue weighted by Gasteiger charge is 2.21. The van der Waals surface area contributed by atoms with Crippen molar-refractivity contribution in [3.8, 4) is 11.5 Å². The van der Waals surface area contributed by atoms with Crippen LogP contribution < -0.4 is 20.1 Å². The summed E-state index contributed by atoms with van der Waals surface area (Å²) in [6, 6.07) is 5.24. The minimum atomic E-state index is -0.190. The van der Waals surface area contributed by atoms with Crippen LogP contribution in [-0.4, -0.2) is 50.3 Å². The Labute approximate surface area is 143 Å². The van der Waals surface area contributed by atoms with E-state index >= 15 is 0 Å². The van der Waals surface area contributed by atoms with Gasteiger partial charge in [0.05, 0.1) is 0 Å². The van der Waals surface area contributed by atoms with Crippen LogP contribution in [0.1, 0.15) is 20.3 Å². The van der Waals surface area contributed by atoms with Crippen molar-refractivity contribution in [2.45, 2.75) is 20.3 Å². The average Bonchev–Trinajstić information content (AvgIpc) is 2.54. The number of benzene rings is 1. The van der Waals surface area contributed by atoms with Crippen LogP contribution in [0, 0.1) is 11.8 Å². The quantitative estimate of drug-likeness (QED) is 0.889. The zero-order chi connectivity index (χ0) is 16.9. The van der Waals surface area contributed by atoms with Crippen molar-refractivity contribution in [2.24, 2.45) is 11.8 Å². The van der Waals surface area contributed by atoms with Crippen LogP contribution >= 0.6 is 0 Å². The van der Waals surface area contributed by atoms with Crippen LogP contribution in [0.2, 0.25) is 0 Å². The van der Waals surface area contributed by atoms with Crippen molar-refractivity contribution in [3.63, 3.8) is 0 Å². The predicted molar refractivity (Wildman–Crippen MR) is 93.8 cm³/mol. The van der Waals surface area contributed by atoms with Gasteiger partial charge in [0.1, 0.15) is 13.2 Å². The van der Waals surface area contributed by atoms with Gasteiger partial charge in [-0.25, -0.2) is 4.79 Å². The molecule has 2 heterocycles. The number of carbonyl (C=O) groups excluding carboxylic acids is 1. The predicted octanol–water partition coefficient (Wildman–Crippen LogP) is 2.56. The molecule has 2 aliphatic rings. The van der Waals surface area contributed by atoms with E-state index in [2.05, 4.69) is 29.4 Å². The van der Waals surface area contributed by atoms with Gasteiger partial charge in [0.15, 0.2) is 11.5 Å². The molecule has 132 valence electrons. The van der Waals surface area contributed by atoms with E-state index in [1.165, 1.54) is 6.42 Å². The lowest BCUT2D eigenvalue weighted by Gasteiger charge is -2.34. The van der Waals surface area contributed by atoms with E-state index in [1.54, 1.807) is 6.07 Å². The largest absolute Gasteiger partial charge is 0.486 e. The number of amides is 2. The van der Waals surface area contributed by atoms with Gasteiger partial charge in [-0.1, -0.05) is 13.8 Å². The Morgan fingerprint density at radius 2 is 1.88 bits per heavy atom. The highest BCUT2D eigenvalue weighted by atomic mass is 16.6. The smallest absolute Gasteiger partial charge is 0.319 e. The molecule has 1 saturated heterocycles. The number of likely N-dealkylation sites (tertiary alicyclic amines) is 1. The summed E-state index contributed by atoms with van der Waals surface area (Å²) in [5.74, 6) is 2.87. The highest BCUT2D eigenvalue weighted by molar-refractivity contribution is 5.89. The molecule has 0 spiro atoms. The third kappa shape index (κ3) is 4.54. The van der Waals surface area contributed by atoms with E-state index in [9.17, 15) is 4.79 Å². The molecule has 2 atom stereocenters. The molecule has 0 aliphatic carbocycles. The number of carbonyl (C=O) groups is 1. The van der Waals surface area contributed by atoms with E-state index in [0.717, 1.165) is 37.2 Å². The zero-order valence-corrected chi connectivity index (χ0v) is 14.5. The maximum Gasteiger partial charge on any atom is 0.319 e. The maximum absolute atomic E-state index is 12.0. The summed E-state index contributed by atoms with van der Waals surface area (Å²) in [5, 5.41) is 5.77. The van der Waals surface area contributed by atoms with Crippen LogP contribution in [0.5, 0.6) is 11.5 Å². The van der Waals surface area contributed by atoms with Gasteiger partial charge in [-0.05, 0) is 30.4 Å². The van der Waals surface area contributed by atoms with Crippen molar-refractivity contribution in [1.29, 1.82) is 0 Å². The van der Waals surface area contributed by atoms with E-state index in [1.807, 2.05) is 12.1 Å². The standard InChI is InChI=1S/C18H27N3O3/c1-13-9-14(2)12-21(11-13)6-5-19-18(22)20-15-3-4-16-17(10-15)24-8-7-23-16/h3-4,10,13-14H,5-9,11-12H2,1-2H3,(H2,19,20,22). The Kier molecular flexibility index (Phi) is 5.45. The molecule has 0 aromatic heterocycles. The lowest BCUT2D eigenvalue weighted by Crippen LogP contribution is -2.43. The molecule has 0 saturated carbocycles.